The van der Waals surface area contributed by atoms with Gasteiger partial charge in [0.15, 0.2) is 5.78 Å². The fraction of sp³-hybridized carbons (Fsp3) is 0.417. The number of hydrogen-bond donors (Lipinski definition) is 1. The molecule has 0 saturated heterocycles. The Hall–Kier alpha value is -1.15. The number of rotatable bonds is 2. The van der Waals surface area contributed by atoms with Crippen molar-refractivity contribution in [2.24, 2.45) is 5.73 Å². The van der Waals surface area contributed by atoms with Crippen LogP contribution in [0.15, 0.2) is 18.2 Å². The van der Waals surface area contributed by atoms with Crippen molar-refractivity contribution >= 4 is 5.78 Å². The number of ketones is 1. The van der Waals surface area contributed by atoms with Gasteiger partial charge in [-0.25, -0.2) is 0 Å². The van der Waals surface area contributed by atoms with E-state index in [4.69, 9.17) is 5.73 Å². The predicted molar refractivity (Wildman–Crippen MR) is 56.3 cm³/mol. The van der Waals surface area contributed by atoms with Crippen molar-refractivity contribution < 1.29 is 4.79 Å². The fourth-order valence-corrected chi connectivity index (χ4v) is 2.16. The summed E-state index contributed by atoms with van der Waals surface area (Å²) in [7, 11) is 0. The molecule has 0 bridgehead atoms. The average Bonchev–Trinajstić information content (AvgIpc) is 2.59. The van der Waals surface area contributed by atoms with E-state index in [1.165, 1.54) is 5.56 Å². The monoisotopic (exact) mass is 189 g/mol. The van der Waals surface area contributed by atoms with Crippen LogP contribution in [0.25, 0.3) is 0 Å². The zero-order valence-electron chi connectivity index (χ0n) is 8.42. The quantitative estimate of drug-likeness (QED) is 0.725. The maximum atomic E-state index is 11.7. The summed E-state index contributed by atoms with van der Waals surface area (Å²) in [5, 5.41) is 0. The normalized spacial score (nSPS) is 19.4. The minimum Gasteiger partial charge on any atom is -0.324 e. The molecule has 0 amide bonds. The highest BCUT2D eigenvalue weighted by Gasteiger charge is 2.23. The van der Waals surface area contributed by atoms with Crippen molar-refractivity contribution in [3.05, 3.63) is 34.9 Å². The summed E-state index contributed by atoms with van der Waals surface area (Å²) in [6.45, 7) is 1.89. The zero-order chi connectivity index (χ0) is 10.1. The van der Waals surface area contributed by atoms with Crippen LogP contribution in [0.5, 0.6) is 0 Å². The highest BCUT2D eigenvalue weighted by Crippen LogP contribution is 2.32. The Labute approximate surface area is 84.1 Å². The molecule has 1 unspecified atom stereocenters. The van der Waals surface area contributed by atoms with Crippen molar-refractivity contribution in [2.45, 2.75) is 32.2 Å². The first-order valence-corrected chi connectivity index (χ1v) is 5.14. The molecule has 0 heterocycles. The van der Waals surface area contributed by atoms with Crippen LogP contribution in [-0.4, -0.2) is 5.78 Å². The summed E-state index contributed by atoms with van der Waals surface area (Å²) in [5.74, 6) is 0.208. The minimum absolute atomic E-state index is 0.0664. The van der Waals surface area contributed by atoms with Gasteiger partial charge in [-0.2, -0.15) is 0 Å². The first-order chi connectivity index (χ1) is 6.74. The molecular weight excluding hydrogens is 174 g/mol. The Morgan fingerprint density at radius 2 is 2.36 bits per heavy atom. The SMILES string of the molecule is CCC(=O)c1cccc2c1C(N)CC2. The summed E-state index contributed by atoms with van der Waals surface area (Å²) in [6.07, 6.45) is 2.55. The van der Waals surface area contributed by atoms with E-state index in [0.29, 0.717) is 6.42 Å². The number of Topliss-reactive ketones (excluding diaryl/α,β-unsaturated/α-hetero) is 1. The smallest absolute Gasteiger partial charge is 0.162 e. The van der Waals surface area contributed by atoms with Crippen molar-refractivity contribution in [3.8, 4) is 0 Å². The Kier molecular flexibility index (Phi) is 2.38. The molecule has 2 rings (SSSR count). The molecule has 1 aliphatic carbocycles. The number of benzene rings is 1. The van der Waals surface area contributed by atoms with E-state index >= 15 is 0 Å². The molecule has 1 aromatic carbocycles. The lowest BCUT2D eigenvalue weighted by Crippen LogP contribution is -2.11. The standard InChI is InChI=1S/C12H15NO/c1-2-11(14)9-5-3-4-8-6-7-10(13)12(8)9/h3-5,10H,2,6-7,13H2,1H3. The second-order valence-electron chi connectivity index (χ2n) is 3.80. The van der Waals surface area contributed by atoms with E-state index in [1.807, 2.05) is 19.1 Å². The van der Waals surface area contributed by atoms with E-state index in [2.05, 4.69) is 6.07 Å². The largest absolute Gasteiger partial charge is 0.324 e. The van der Waals surface area contributed by atoms with Gasteiger partial charge in [0.05, 0.1) is 0 Å². The van der Waals surface area contributed by atoms with E-state index in [0.717, 1.165) is 24.0 Å². The molecule has 0 aromatic heterocycles. The topological polar surface area (TPSA) is 43.1 Å². The Balaban J connectivity index is 2.52. The molecule has 0 fully saturated rings. The van der Waals surface area contributed by atoms with Crippen molar-refractivity contribution in [1.29, 1.82) is 0 Å². The molecule has 1 aliphatic rings. The van der Waals surface area contributed by atoms with Crippen LogP contribution in [-0.2, 0) is 6.42 Å². The third kappa shape index (κ3) is 1.36. The van der Waals surface area contributed by atoms with E-state index in [1.54, 1.807) is 0 Å². The lowest BCUT2D eigenvalue weighted by atomic mass is 9.97. The van der Waals surface area contributed by atoms with Crippen LogP contribution in [0, 0.1) is 0 Å². The second-order valence-corrected chi connectivity index (χ2v) is 3.80. The lowest BCUT2D eigenvalue weighted by molar-refractivity contribution is 0.0987. The number of fused-ring (bicyclic) bond motifs is 1. The van der Waals surface area contributed by atoms with Crippen LogP contribution in [0.2, 0.25) is 0 Å². The fourth-order valence-electron chi connectivity index (χ4n) is 2.16. The van der Waals surface area contributed by atoms with Gasteiger partial charge in [0.1, 0.15) is 0 Å². The van der Waals surface area contributed by atoms with Crippen LogP contribution in [0.4, 0.5) is 0 Å². The van der Waals surface area contributed by atoms with E-state index in [-0.39, 0.29) is 11.8 Å². The lowest BCUT2D eigenvalue weighted by Gasteiger charge is -2.10. The first kappa shape index (κ1) is 9.41. The molecule has 0 spiro atoms. The van der Waals surface area contributed by atoms with Gasteiger partial charge in [0, 0.05) is 18.0 Å². The summed E-state index contributed by atoms with van der Waals surface area (Å²) < 4.78 is 0. The highest BCUT2D eigenvalue weighted by molar-refractivity contribution is 5.97. The van der Waals surface area contributed by atoms with Crippen molar-refractivity contribution in [1.82, 2.24) is 0 Å². The highest BCUT2D eigenvalue weighted by atomic mass is 16.1. The minimum atomic E-state index is 0.0664. The molecule has 74 valence electrons. The van der Waals surface area contributed by atoms with Crippen LogP contribution >= 0.6 is 0 Å². The van der Waals surface area contributed by atoms with Crippen LogP contribution < -0.4 is 5.73 Å². The van der Waals surface area contributed by atoms with E-state index in [9.17, 15) is 4.79 Å². The van der Waals surface area contributed by atoms with Gasteiger partial charge in [-0.05, 0) is 24.0 Å². The molecule has 2 nitrogen and oxygen atoms in total. The molecule has 0 aliphatic heterocycles. The molecule has 0 radical (unpaired) electrons. The molecule has 2 heteroatoms. The van der Waals surface area contributed by atoms with Gasteiger partial charge in [-0.3, -0.25) is 4.79 Å². The van der Waals surface area contributed by atoms with Gasteiger partial charge in [0.25, 0.3) is 0 Å². The average molecular weight is 189 g/mol. The van der Waals surface area contributed by atoms with Crippen molar-refractivity contribution in [2.75, 3.05) is 0 Å². The Bertz CT molecular complexity index is 371. The maximum Gasteiger partial charge on any atom is 0.162 e. The van der Waals surface area contributed by atoms with Gasteiger partial charge < -0.3 is 5.73 Å². The number of hydrogen-bond acceptors (Lipinski definition) is 2. The Morgan fingerprint density at radius 3 is 3.07 bits per heavy atom. The molecule has 2 N–H and O–H groups in total. The second kappa shape index (κ2) is 3.54. The number of aryl methyl sites for hydroxylation is 1. The number of nitrogens with two attached hydrogens (primary N) is 1. The Morgan fingerprint density at radius 1 is 1.57 bits per heavy atom. The van der Waals surface area contributed by atoms with E-state index < -0.39 is 0 Å². The predicted octanol–water partition coefficient (Wildman–Crippen LogP) is 2.23. The van der Waals surface area contributed by atoms with Gasteiger partial charge in [-0.15, -0.1) is 0 Å². The summed E-state index contributed by atoms with van der Waals surface area (Å²) >= 11 is 0. The number of carbonyl (C=O) groups excluding carboxylic acids is 1. The zero-order valence-corrected chi connectivity index (χ0v) is 8.42. The third-order valence-corrected chi connectivity index (χ3v) is 2.91. The van der Waals surface area contributed by atoms with Gasteiger partial charge in [0.2, 0.25) is 0 Å². The number of carbonyl (C=O) groups is 1. The first-order valence-electron chi connectivity index (χ1n) is 5.14. The molecule has 1 aromatic rings. The third-order valence-electron chi connectivity index (χ3n) is 2.91. The molecule has 1 atom stereocenters. The maximum absolute atomic E-state index is 11.7. The summed E-state index contributed by atoms with van der Waals surface area (Å²) in [4.78, 5) is 11.7. The van der Waals surface area contributed by atoms with Gasteiger partial charge >= 0.3 is 0 Å². The van der Waals surface area contributed by atoms with Gasteiger partial charge in [-0.1, -0.05) is 25.1 Å². The molecule has 0 saturated carbocycles. The molecule has 14 heavy (non-hydrogen) atoms. The summed E-state index contributed by atoms with van der Waals surface area (Å²) in [5.41, 5.74) is 9.19. The summed E-state index contributed by atoms with van der Waals surface area (Å²) in [6, 6.07) is 6.00. The molecular formula is C12H15NO. The van der Waals surface area contributed by atoms with Crippen LogP contribution in [0.3, 0.4) is 0 Å². The van der Waals surface area contributed by atoms with Crippen LogP contribution in [0.1, 0.15) is 47.3 Å². The van der Waals surface area contributed by atoms with Crippen molar-refractivity contribution in [3.63, 3.8) is 0 Å².